The van der Waals surface area contributed by atoms with Gasteiger partial charge in [-0.3, -0.25) is 9.69 Å². The number of carbonyl (C=O) groups is 1. The zero-order valence-electron chi connectivity index (χ0n) is 14.7. The van der Waals surface area contributed by atoms with Crippen LogP contribution in [0.25, 0.3) is 6.08 Å². The van der Waals surface area contributed by atoms with Gasteiger partial charge in [0.25, 0.3) is 5.91 Å². The van der Waals surface area contributed by atoms with Crippen molar-refractivity contribution >= 4 is 69.9 Å². The maximum absolute atomic E-state index is 13.2. The van der Waals surface area contributed by atoms with Gasteiger partial charge in [0.05, 0.1) is 5.69 Å². The number of nitrogens with zero attached hydrogens (tertiary/aromatic N) is 2. The Kier molecular flexibility index (Phi) is 5.66. The molecule has 1 aliphatic rings. The van der Waals surface area contributed by atoms with Crippen molar-refractivity contribution in [3.05, 3.63) is 104 Å². The number of halogens is 4. The summed E-state index contributed by atoms with van der Waals surface area (Å²) in [5.74, 6) is 0.216. The highest BCUT2D eigenvalue weighted by molar-refractivity contribution is 6.37. The summed E-state index contributed by atoms with van der Waals surface area (Å²) in [6.45, 7) is 0. The highest BCUT2D eigenvalue weighted by Crippen LogP contribution is 2.31. The number of benzene rings is 3. The molecule has 7 heteroatoms. The van der Waals surface area contributed by atoms with Gasteiger partial charge >= 0.3 is 0 Å². The molecule has 3 aromatic rings. The van der Waals surface area contributed by atoms with E-state index in [1.807, 2.05) is 12.1 Å². The first-order valence-electron chi connectivity index (χ1n) is 8.54. The second kappa shape index (κ2) is 8.21. The first-order valence-corrected chi connectivity index (χ1v) is 10.0. The number of amidine groups is 1. The molecular weight excluding hydrogens is 450 g/mol. The van der Waals surface area contributed by atoms with Crippen LogP contribution in [0.15, 0.2) is 77.4 Å². The Morgan fingerprint density at radius 1 is 0.759 bits per heavy atom. The Bertz CT molecular complexity index is 1150. The molecule has 1 amide bonds. The molecule has 0 unspecified atom stereocenters. The quantitative estimate of drug-likeness (QED) is 0.381. The summed E-state index contributed by atoms with van der Waals surface area (Å²) in [6, 6.07) is 19.2. The number of anilines is 1. The van der Waals surface area contributed by atoms with Gasteiger partial charge in [0, 0.05) is 25.7 Å². The van der Waals surface area contributed by atoms with Crippen molar-refractivity contribution in [3.8, 4) is 0 Å². The lowest BCUT2D eigenvalue weighted by Crippen LogP contribution is -2.32. The van der Waals surface area contributed by atoms with Gasteiger partial charge in [-0.2, -0.15) is 0 Å². The van der Waals surface area contributed by atoms with Gasteiger partial charge in [-0.25, -0.2) is 4.99 Å². The van der Waals surface area contributed by atoms with Gasteiger partial charge in [0.15, 0.2) is 0 Å². The van der Waals surface area contributed by atoms with Crippen molar-refractivity contribution in [1.82, 2.24) is 0 Å². The van der Waals surface area contributed by atoms with Gasteiger partial charge in [0.1, 0.15) is 11.5 Å². The van der Waals surface area contributed by atoms with Gasteiger partial charge in [0.2, 0.25) is 0 Å². The zero-order chi connectivity index (χ0) is 20.5. The van der Waals surface area contributed by atoms with Crippen molar-refractivity contribution < 1.29 is 4.79 Å². The van der Waals surface area contributed by atoms with Crippen LogP contribution < -0.4 is 4.90 Å². The van der Waals surface area contributed by atoms with Crippen LogP contribution in [0.4, 0.5) is 5.69 Å². The van der Waals surface area contributed by atoms with E-state index in [0.717, 1.165) is 5.56 Å². The summed E-state index contributed by atoms with van der Waals surface area (Å²) in [5, 5.41) is 2.13. The van der Waals surface area contributed by atoms with E-state index in [1.165, 1.54) is 4.90 Å². The van der Waals surface area contributed by atoms with Crippen LogP contribution in [0.3, 0.4) is 0 Å². The molecule has 0 saturated heterocycles. The van der Waals surface area contributed by atoms with Crippen LogP contribution in [-0.4, -0.2) is 11.7 Å². The molecule has 1 aliphatic heterocycles. The van der Waals surface area contributed by atoms with E-state index >= 15 is 0 Å². The topological polar surface area (TPSA) is 32.7 Å². The molecule has 0 spiro atoms. The third-order valence-corrected chi connectivity index (χ3v) is 5.37. The summed E-state index contributed by atoms with van der Waals surface area (Å²) in [6.07, 6.45) is 1.65. The van der Waals surface area contributed by atoms with Gasteiger partial charge in [-0.15, -0.1) is 0 Å². The number of amides is 1. The van der Waals surface area contributed by atoms with E-state index in [1.54, 1.807) is 60.7 Å². The lowest BCUT2D eigenvalue weighted by atomic mass is 10.1. The summed E-state index contributed by atoms with van der Waals surface area (Å²) in [5.41, 5.74) is 2.31. The zero-order valence-corrected chi connectivity index (χ0v) is 17.8. The maximum Gasteiger partial charge on any atom is 0.282 e. The molecule has 0 N–H and O–H groups in total. The molecule has 0 aliphatic carbocycles. The van der Waals surface area contributed by atoms with E-state index in [0.29, 0.717) is 37.2 Å². The first-order chi connectivity index (χ1) is 13.9. The average molecular weight is 462 g/mol. The fraction of sp³-hybridized carbons (Fsp3) is 0. The van der Waals surface area contributed by atoms with E-state index in [-0.39, 0.29) is 11.6 Å². The predicted octanol–water partition coefficient (Wildman–Crippen LogP) is 7.13. The maximum atomic E-state index is 13.2. The van der Waals surface area contributed by atoms with E-state index < -0.39 is 0 Å². The summed E-state index contributed by atoms with van der Waals surface area (Å²) >= 11 is 24.2. The SMILES string of the molecule is O=C1/C(=C\c2ccc(Cl)cc2Cl)N=C(c2ccc(Cl)cc2)N1c1ccc(Cl)cc1. The Morgan fingerprint density at radius 3 is 1.97 bits per heavy atom. The minimum Gasteiger partial charge on any atom is -0.266 e. The Labute approximate surface area is 187 Å². The van der Waals surface area contributed by atoms with Crippen LogP contribution >= 0.6 is 46.4 Å². The lowest BCUT2D eigenvalue weighted by molar-refractivity contribution is -0.113. The third-order valence-electron chi connectivity index (χ3n) is 4.30. The smallest absolute Gasteiger partial charge is 0.266 e. The van der Waals surface area contributed by atoms with Gasteiger partial charge in [-0.1, -0.05) is 52.5 Å². The highest BCUT2D eigenvalue weighted by Gasteiger charge is 2.32. The van der Waals surface area contributed by atoms with Crippen molar-refractivity contribution in [2.45, 2.75) is 0 Å². The fourth-order valence-corrected chi connectivity index (χ4v) is 3.62. The van der Waals surface area contributed by atoms with Crippen LogP contribution in [0.5, 0.6) is 0 Å². The number of aliphatic imine (C=N–C) groups is 1. The fourth-order valence-electron chi connectivity index (χ4n) is 2.90. The number of hydrogen-bond donors (Lipinski definition) is 0. The van der Waals surface area contributed by atoms with Crippen molar-refractivity contribution in [2.24, 2.45) is 4.99 Å². The van der Waals surface area contributed by atoms with Crippen LogP contribution in [-0.2, 0) is 4.79 Å². The molecule has 0 bridgehead atoms. The Hall–Kier alpha value is -2.30. The minimum absolute atomic E-state index is 0.258. The van der Waals surface area contributed by atoms with Crippen LogP contribution in [0.2, 0.25) is 20.1 Å². The average Bonchev–Trinajstić information content (AvgIpc) is 3.01. The molecule has 0 aromatic heterocycles. The van der Waals surface area contributed by atoms with Crippen LogP contribution in [0, 0.1) is 0 Å². The second-order valence-electron chi connectivity index (χ2n) is 6.25. The molecular formula is C22H12Cl4N2O. The summed E-state index contributed by atoms with van der Waals surface area (Å²) < 4.78 is 0. The van der Waals surface area contributed by atoms with Crippen molar-refractivity contribution in [3.63, 3.8) is 0 Å². The molecule has 29 heavy (non-hydrogen) atoms. The first kappa shape index (κ1) is 20.0. The number of hydrogen-bond acceptors (Lipinski definition) is 2. The molecule has 0 atom stereocenters. The van der Waals surface area contributed by atoms with Crippen molar-refractivity contribution in [2.75, 3.05) is 4.90 Å². The van der Waals surface area contributed by atoms with Crippen molar-refractivity contribution in [1.29, 1.82) is 0 Å². The molecule has 1 heterocycles. The number of rotatable bonds is 3. The minimum atomic E-state index is -0.275. The lowest BCUT2D eigenvalue weighted by Gasteiger charge is -2.18. The highest BCUT2D eigenvalue weighted by atomic mass is 35.5. The van der Waals surface area contributed by atoms with E-state index in [2.05, 4.69) is 4.99 Å². The van der Waals surface area contributed by atoms with Crippen LogP contribution in [0.1, 0.15) is 11.1 Å². The normalized spacial score (nSPS) is 15.2. The number of carbonyl (C=O) groups excluding carboxylic acids is 1. The monoisotopic (exact) mass is 460 g/mol. The molecule has 0 saturated carbocycles. The summed E-state index contributed by atoms with van der Waals surface area (Å²) in [4.78, 5) is 19.4. The Morgan fingerprint density at radius 2 is 1.34 bits per heavy atom. The van der Waals surface area contributed by atoms with E-state index in [4.69, 9.17) is 46.4 Å². The molecule has 144 valence electrons. The van der Waals surface area contributed by atoms with E-state index in [9.17, 15) is 4.79 Å². The molecule has 0 radical (unpaired) electrons. The summed E-state index contributed by atoms with van der Waals surface area (Å²) in [7, 11) is 0. The third kappa shape index (κ3) is 4.19. The largest absolute Gasteiger partial charge is 0.282 e. The Balaban J connectivity index is 1.83. The molecule has 3 nitrogen and oxygen atoms in total. The molecule has 4 rings (SSSR count). The second-order valence-corrected chi connectivity index (χ2v) is 7.97. The van der Waals surface area contributed by atoms with Gasteiger partial charge < -0.3 is 0 Å². The standard InChI is InChI=1S/C22H12Cl4N2O/c23-15-4-1-13(2-5-15)21-27-20(11-14-3-6-17(25)12-19(14)26)22(29)28(21)18-9-7-16(24)8-10-18/h1-12H/b20-11+. The molecule has 3 aromatic carbocycles. The van der Waals surface area contributed by atoms with Gasteiger partial charge in [-0.05, 0) is 72.3 Å². The predicted molar refractivity (Wildman–Crippen MR) is 121 cm³/mol. The molecule has 0 fully saturated rings.